The molecule has 0 saturated carbocycles. The zero-order valence-corrected chi connectivity index (χ0v) is 20.9. The summed E-state index contributed by atoms with van der Waals surface area (Å²) in [5, 5.41) is 5.74. The minimum Gasteiger partial charge on any atom is -0.378 e. The van der Waals surface area contributed by atoms with E-state index in [1.165, 1.54) is 29.6 Å². The lowest BCUT2D eigenvalue weighted by molar-refractivity contribution is 0.103. The third-order valence-corrected chi connectivity index (χ3v) is 5.09. The summed E-state index contributed by atoms with van der Waals surface area (Å²) in [7, 11) is 3.95. The summed E-state index contributed by atoms with van der Waals surface area (Å²) < 4.78 is 0. The monoisotopic (exact) mass is 497 g/mol. The number of nitrogens with zero attached hydrogens (tertiary/aromatic N) is 3. The van der Waals surface area contributed by atoms with E-state index in [9.17, 15) is 9.59 Å². The molecule has 0 fully saturated rings. The molecule has 0 atom stereocenters. The smallest absolute Gasteiger partial charge is 0.206 e. The molecule has 7 nitrogen and oxygen atoms in total. The first-order valence-corrected chi connectivity index (χ1v) is 11.5. The first kappa shape index (κ1) is 26.1. The Bertz CT molecular complexity index is 1190. The van der Waals surface area contributed by atoms with E-state index in [1.54, 1.807) is 54.7 Å². The molecule has 0 saturated heterocycles. The van der Waals surface area contributed by atoms with E-state index in [1.807, 2.05) is 55.4 Å². The molecule has 2 N–H and O–H groups in total. The van der Waals surface area contributed by atoms with Crippen LogP contribution < -0.4 is 15.8 Å². The van der Waals surface area contributed by atoms with Crippen LogP contribution in [0, 0.1) is 0 Å². The molecule has 0 unspecified atom stereocenters. The fraction of sp³-hybridized carbons (Fsp3) is 0.0714. The number of anilines is 1. The van der Waals surface area contributed by atoms with Crippen LogP contribution in [0.3, 0.4) is 0 Å². The Balaban J connectivity index is 1.66. The van der Waals surface area contributed by atoms with Gasteiger partial charge < -0.3 is 4.90 Å². The number of hydrazine groups is 1. The number of nitrogens with one attached hydrogen (secondary N) is 2. The molecule has 0 aliphatic carbocycles. The Labute approximate surface area is 216 Å². The lowest BCUT2D eigenvalue weighted by Crippen LogP contribution is -2.40. The van der Waals surface area contributed by atoms with Crippen molar-refractivity contribution >= 4 is 40.8 Å². The van der Waals surface area contributed by atoms with Crippen molar-refractivity contribution in [2.24, 2.45) is 5.10 Å². The molecule has 3 aromatic rings. The van der Waals surface area contributed by atoms with E-state index >= 15 is 0 Å². The van der Waals surface area contributed by atoms with Gasteiger partial charge in [-0.1, -0.05) is 72.8 Å². The molecule has 8 heteroatoms. The maximum absolute atomic E-state index is 12.5. The second-order valence-electron chi connectivity index (χ2n) is 7.80. The number of allylic oxidation sites excluding steroid dienone is 2. The summed E-state index contributed by atoms with van der Waals surface area (Å²) in [4.78, 5) is 27.0. The number of hydrogen-bond donors (Lipinski definition) is 2. The Morgan fingerprint density at radius 3 is 1.75 bits per heavy atom. The van der Waals surface area contributed by atoms with Crippen molar-refractivity contribution < 1.29 is 9.59 Å². The van der Waals surface area contributed by atoms with Gasteiger partial charge in [-0.3, -0.25) is 25.4 Å². The van der Waals surface area contributed by atoms with Gasteiger partial charge in [0.25, 0.3) is 0 Å². The molecular weight excluding hydrogens is 470 g/mol. The van der Waals surface area contributed by atoms with Crippen LogP contribution in [0.15, 0.2) is 115 Å². The zero-order valence-electron chi connectivity index (χ0n) is 20.0. The topological polar surface area (TPSA) is 77.0 Å². The average Bonchev–Trinajstić information content (AvgIpc) is 2.91. The van der Waals surface area contributed by atoms with Crippen molar-refractivity contribution in [1.82, 2.24) is 15.9 Å². The van der Waals surface area contributed by atoms with Crippen LogP contribution in [0.4, 0.5) is 5.69 Å². The van der Waals surface area contributed by atoms with Crippen molar-refractivity contribution in [1.29, 1.82) is 0 Å². The molecular formula is C28H27N5O2S. The normalized spacial score (nSPS) is 11.1. The standard InChI is InChI=1S/C28H27N5O2S/c1-32(2)25-15-13-22(14-16-25)21-29-30-28(36)31-33(19-17-26(34)23-9-5-3-6-10-23)20-18-27(35)24-11-7-4-8-12-24/h3-21H,1-2H3,(H2,30,31,36)/b19-17+,20-18+,29-21+. The third kappa shape index (κ3) is 8.34. The lowest BCUT2D eigenvalue weighted by atomic mass is 10.1. The summed E-state index contributed by atoms with van der Waals surface area (Å²) in [5.41, 5.74) is 8.71. The van der Waals surface area contributed by atoms with Gasteiger partial charge in [0, 0.05) is 55.5 Å². The van der Waals surface area contributed by atoms with Crippen molar-refractivity contribution in [2.75, 3.05) is 19.0 Å². The Morgan fingerprint density at radius 2 is 1.28 bits per heavy atom. The highest BCUT2D eigenvalue weighted by molar-refractivity contribution is 7.80. The number of carbonyl (C=O) groups excluding carboxylic acids is 2. The van der Waals surface area contributed by atoms with Crippen LogP contribution in [0.5, 0.6) is 0 Å². The molecule has 0 aliphatic heterocycles. The largest absolute Gasteiger partial charge is 0.378 e. The molecule has 0 spiro atoms. The molecule has 0 aliphatic rings. The quantitative estimate of drug-likeness (QED) is 0.140. The molecule has 0 aromatic heterocycles. The maximum Gasteiger partial charge on any atom is 0.206 e. The predicted octanol–water partition coefficient (Wildman–Crippen LogP) is 4.56. The average molecular weight is 498 g/mol. The van der Waals surface area contributed by atoms with E-state index in [4.69, 9.17) is 12.2 Å². The number of hydrazone groups is 1. The van der Waals surface area contributed by atoms with Crippen LogP contribution in [0.25, 0.3) is 0 Å². The number of hydrogen-bond acceptors (Lipinski definition) is 6. The van der Waals surface area contributed by atoms with E-state index in [2.05, 4.69) is 16.0 Å². The number of carbonyl (C=O) groups is 2. The number of thiocarbonyl (C=S) groups is 1. The van der Waals surface area contributed by atoms with Crippen LogP contribution >= 0.6 is 12.2 Å². The highest BCUT2D eigenvalue weighted by atomic mass is 32.1. The predicted molar refractivity (Wildman–Crippen MR) is 149 cm³/mol. The maximum atomic E-state index is 12.5. The van der Waals surface area contributed by atoms with Gasteiger partial charge in [0.1, 0.15) is 0 Å². The number of benzene rings is 3. The summed E-state index contributed by atoms with van der Waals surface area (Å²) in [6.45, 7) is 0. The minimum absolute atomic E-state index is 0.171. The first-order chi connectivity index (χ1) is 17.4. The molecule has 3 rings (SSSR count). The summed E-state index contributed by atoms with van der Waals surface area (Å²) in [5.74, 6) is -0.383. The fourth-order valence-electron chi connectivity index (χ4n) is 2.98. The number of rotatable bonds is 10. The van der Waals surface area contributed by atoms with E-state index < -0.39 is 0 Å². The van der Waals surface area contributed by atoms with Crippen LogP contribution in [-0.2, 0) is 0 Å². The molecule has 3 aromatic carbocycles. The van der Waals surface area contributed by atoms with Gasteiger partial charge in [-0.2, -0.15) is 5.10 Å². The highest BCUT2D eigenvalue weighted by Crippen LogP contribution is 2.10. The van der Waals surface area contributed by atoms with E-state index in [-0.39, 0.29) is 16.7 Å². The molecule has 182 valence electrons. The molecule has 0 bridgehead atoms. The Hall–Kier alpha value is -4.56. The summed E-state index contributed by atoms with van der Waals surface area (Å²) in [6.07, 6.45) is 7.39. The first-order valence-electron chi connectivity index (χ1n) is 11.1. The van der Waals surface area contributed by atoms with Crippen molar-refractivity contribution in [3.05, 3.63) is 126 Å². The lowest BCUT2D eigenvalue weighted by Gasteiger charge is -2.18. The van der Waals surface area contributed by atoms with Crippen molar-refractivity contribution in [2.45, 2.75) is 0 Å². The fourth-order valence-corrected chi connectivity index (χ4v) is 3.14. The van der Waals surface area contributed by atoms with Crippen LogP contribution in [-0.4, -0.2) is 42.0 Å². The van der Waals surface area contributed by atoms with Crippen LogP contribution in [0.2, 0.25) is 0 Å². The Kier molecular flexibility index (Phi) is 9.67. The van der Waals surface area contributed by atoms with Gasteiger partial charge >= 0.3 is 0 Å². The van der Waals surface area contributed by atoms with Gasteiger partial charge in [-0.25, -0.2) is 0 Å². The second-order valence-corrected chi connectivity index (χ2v) is 8.20. The van der Waals surface area contributed by atoms with Gasteiger partial charge in [-0.05, 0) is 29.9 Å². The Morgan fingerprint density at radius 1 is 0.778 bits per heavy atom. The summed E-state index contributed by atoms with van der Waals surface area (Å²) in [6, 6.07) is 25.6. The zero-order chi connectivity index (χ0) is 25.8. The SMILES string of the molecule is CN(C)c1ccc(/C=N/NC(=S)NN(/C=C/C(=O)c2ccccc2)/C=C/C(=O)c2ccccc2)cc1. The van der Waals surface area contributed by atoms with E-state index in [0.717, 1.165) is 11.3 Å². The summed E-state index contributed by atoms with van der Waals surface area (Å²) >= 11 is 5.33. The number of ketones is 2. The molecule has 0 heterocycles. The van der Waals surface area contributed by atoms with Crippen molar-refractivity contribution in [3.8, 4) is 0 Å². The van der Waals surface area contributed by atoms with Gasteiger partial charge in [0.15, 0.2) is 11.6 Å². The molecule has 0 radical (unpaired) electrons. The molecule has 0 amide bonds. The second kappa shape index (κ2) is 13.4. The molecule has 36 heavy (non-hydrogen) atoms. The van der Waals surface area contributed by atoms with Gasteiger partial charge in [0.2, 0.25) is 5.11 Å². The van der Waals surface area contributed by atoms with Crippen molar-refractivity contribution in [3.63, 3.8) is 0 Å². The highest BCUT2D eigenvalue weighted by Gasteiger charge is 2.05. The van der Waals surface area contributed by atoms with E-state index in [0.29, 0.717) is 11.1 Å². The van der Waals surface area contributed by atoms with Gasteiger partial charge in [-0.15, -0.1) is 0 Å². The van der Waals surface area contributed by atoms with Gasteiger partial charge in [0.05, 0.1) is 6.21 Å². The third-order valence-electron chi connectivity index (χ3n) is 4.91. The minimum atomic E-state index is -0.191. The van der Waals surface area contributed by atoms with Crippen LogP contribution in [0.1, 0.15) is 26.3 Å².